The second-order valence-corrected chi connectivity index (χ2v) is 8.41. The fourth-order valence-electron chi connectivity index (χ4n) is 3.59. The minimum atomic E-state index is -0.379. The van der Waals surface area contributed by atoms with Crippen molar-refractivity contribution in [2.45, 2.75) is 19.4 Å². The summed E-state index contributed by atoms with van der Waals surface area (Å²) in [7, 11) is 0. The third kappa shape index (κ3) is 4.98. The van der Waals surface area contributed by atoms with Gasteiger partial charge in [0.25, 0.3) is 11.1 Å². The third-order valence-corrected chi connectivity index (χ3v) is 6.10. The first-order chi connectivity index (χ1) is 14.6. The second-order valence-electron chi connectivity index (χ2n) is 7.39. The maximum Gasteiger partial charge on any atom is 0.290 e. The van der Waals surface area contributed by atoms with Gasteiger partial charge in [-0.15, -0.1) is 0 Å². The zero-order valence-corrected chi connectivity index (χ0v) is 17.3. The Balaban J connectivity index is 1.29. The number of rotatable bonds is 6. The number of nitrogens with one attached hydrogen (secondary N) is 2. The lowest BCUT2D eigenvalue weighted by Gasteiger charge is -2.32. The van der Waals surface area contributed by atoms with Crippen LogP contribution in [-0.2, 0) is 11.3 Å². The van der Waals surface area contributed by atoms with Gasteiger partial charge in [-0.1, -0.05) is 18.2 Å². The summed E-state index contributed by atoms with van der Waals surface area (Å²) in [5.41, 5.74) is 8.57. The normalized spacial score (nSPS) is 18.8. The number of amides is 2. The molecule has 4 N–H and O–H groups in total. The molecule has 0 atom stereocenters. The number of nitrogen functional groups attached to an aromatic ring is 1. The molecule has 2 saturated heterocycles. The van der Waals surface area contributed by atoms with E-state index < -0.39 is 0 Å². The average Bonchev–Trinajstić information content (AvgIpc) is 3.07. The molecule has 2 fully saturated rings. The Kier molecular flexibility index (Phi) is 6.29. The fourth-order valence-corrected chi connectivity index (χ4v) is 4.26. The van der Waals surface area contributed by atoms with E-state index in [4.69, 9.17) is 5.73 Å². The molecule has 30 heavy (non-hydrogen) atoms. The summed E-state index contributed by atoms with van der Waals surface area (Å²) in [6.07, 6.45) is 5.42. The first kappa shape index (κ1) is 20.4. The Morgan fingerprint density at radius 1 is 1.23 bits per heavy atom. The van der Waals surface area contributed by atoms with Crippen LogP contribution in [0.3, 0.4) is 0 Å². The van der Waals surface area contributed by atoms with Gasteiger partial charge in [0.15, 0.2) is 0 Å². The largest absolute Gasteiger partial charge is 0.398 e. The van der Waals surface area contributed by atoms with Gasteiger partial charge in [-0.05, 0) is 60.8 Å². The van der Waals surface area contributed by atoms with Crippen LogP contribution in [-0.4, -0.2) is 40.7 Å². The van der Waals surface area contributed by atoms with Gasteiger partial charge in [0.05, 0.1) is 10.6 Å². The maximum absolute atomic E-state index is 11.7. The molecule has 3 heterocycles. The summed E-state index contributed by atoms with van der Waals surface area (Å²) in [6.45, 7) is 3.50. The van der Waals surface area contributed by atoms with Crippen molar-refractivity contribution in [2.75, 3.05) is 30.3 Å². The summed E-state index contributed by atoms with van der Waals surface area (Å²) in [6, 6.07) is 9.66. The van der Waals surface area contributed by atoms with Crippen molar-refractivity contribution in [3.05, 3.63) is 52.7 Å². The molecule has 2 aliphatic heterocycles. The van der Waals surface area contributed by atoms with Gasteiger partial charge in [-0.25, -0.2) is 9.97 Å². The second kappa shape index (κ2) is 9.27. The highest BCUT2D eigenvalue weighted by Gasteiger charge is 2.25. The fraction of sp³-hybridized carbons (Fsp3) is 0.333. The molecule has 0 unspecified atom stereocenters. The van der Waals surface area contributed by atoms with Crippen molar-refractivity contribution in [1.29, 1.82) is 0 Å². The van der Waals surface area contributed by atoms with Gasteiger partial charge in [0, 0.05) is 31.5 Å². The number of hydrogen-bond acceptors (Lipinski definition) is 8. The highest BCUT2D eigenvalue weighted by Crippen LogP contribution is 2.26. The van der Waals surface area contributed by atoms with Crippen LogP contribution in [0.5, 0.6) is 0 Å². The van der Waals surface area contributed by atoms with E-state index in [9.17, 15) is 9.59 Å². The van der Waals surface area contributed by atoms with Crippen LogP contribution in [0.2, 0.25) is 0 Å². The number of carbonyl (C=O) groups is 2. The standard InChI is InChI=1S/C21H24N6O2S/c22-17-4-2-1-3-15(17)13-23-12-14-6-9-27(10-7-14)20-24-8-5-16(25-20)11-18-19(28)26-21(29)30-18/h1-5,8,11,14,23H,6-7,9-10,12-13,22H2,(H,26,28,29)/b18-11+. The van der Waals surface area contributed by atoms with Crippen molar-refractivity contribution < 1.29 is 9.59 Å². The number of nitrogens with zero attached hydrogens (tertiary/aromatic N) is 3. The molecule has 4 rings (SSSR count). The minimum Gasteiger partial charge on any atom is -0.398 e. The van der Waals surface area contributed by atoms with E-state index >= 15 is 0 Å². The quantitative estimate of drug-likeness (QED) is 0.479. The Labute approximate surface area is 179 Å². The van der Waals surface area contributed by atoms with Crippen molar-refractivity contribution in [3.8, 4) is 0 Å². The zero-order chi connectivity index (χ0) is 20.9. The topological polar surface area (TPSA) is 113 Å². The van der Waals surface area contributed by atoms with Crippen LogP contribution in [0.4, 0.5) is 16.4 Å². The average molecular weight is 425 g/mol. The SMILES string of the molecule is Nc1ccccc1CNCC1CCN(c2nccc(/C=C3/SC(=O)NC3=O)n2)CC1. The summed E-state index contributed by atoms with van der Waals surface area (Å²) in [5, 5.41) is 5.41. The van der Waals surface area contributed by atoms with Gasteiger partial charge in [0.1, 0.15) is 0 Å². The van der Waals surface area contributed by atoms with Crippen molar-refractivity contribution >= 4 is 40.6 Å². The Hall–Kier alpha value is -2.91. The van der Waals surface area contributed by atoms with Crippen LogP contribution >= 0.6 is 11.8 Å². The summed E-state index contributed by atoms with van der Waals surface area (Å²) < 4.78 is 0. The number of piperidine rings is 1. The lowest BCUT2D eigenvalue weighted by atomic mass is 9.97. The zero-order valence-electron chi connectivity index (χ0n) is 16.5. The molecule has 2 aromatic rings. The molecular formula is C21H24N6O2S. The van der Waals surface area contributed by atoms with E-state index in [0.717, 1.165) is 62.0 Å². The molecule has 9 heteroatoms. The highest BCUT2D eigenvalue weighted by atomic mass is 32.2. The monoisotopic (exact) mass is 424 g/mol. The number of imide groups is 1. The predicted molar refractivity (Wildman–Crippen MR) is 119 cm³/mol. The first-order valence-electron chi connectivity index (χ1n) is 9.95. The molecular weight excluding hydrogens is 400 g/mol. The molecule has 2 aliphatic rings. The molecule has 8 nitrogen and oxygen atoms in total. The van der Waals surface area contributed by atoms with E-state index in [1.807, 2.05) is 24.3 Å². The van der Waals surface area contributed by atoms with Gasteiger partial charge < -0.3 is 16.0 Å². The van der Waals surface area contributed by atoms with Gasteiger partial charge in [-0.2, -0.15) is 0 Å². The maximum atomic E-state index is 11.7. The molecule has 0 bridgehead atoms. The van der Waals surface area contributed by atoms with E-state index in [0.29, 0.717) is 22.5 Å². The molecule has 156 valence electrons. The number of nitrogens with two attached hydrogens (primary N) is 1. The Morgan fingerprint density at radius 2 is 2.03 bits per heavy atom. The Morgan fingerprint density at radius 3 is 2.77 bits per heavy atom. The van der Waals surface area contributed by atoms with E-state index in [1.54, 1.807) is 18.3 Å². The number of hydrogen-bond donors (Lipinski definition) is 3. The number of carbonyl (C=O) groups excluding carboxylic acids is 2. The summed E-state index contributed by atoms with van der Waals surface area (Å²) in [4.78, 5) is 34.5. The van der Waals surface area contributed by atoms with E-state index in [-0.39, 0.29) is 11.1 Å². The van der Waals surface area contributed by atoms with Crippen molar-refractivity contribution in [1.82, 2.24) is 20.6 Å². The summed E-state index contributed by atoms with van der Waals surface area (Å²) in [5.74, 6) is 0.874. The number of benzene rings is 1. The number of para-hydroxylation sites is 1. The first-order valence-corrected chi connectivity index (χ1v) is 10.8. The van der Waals surface area contributed by atoms with Crippen LogP contribution < -0.4 is 21.3 Å². The summed E-state index contributed by atoms with van der Waals surface area (Å²) >= 11 is 0.890. The van der Waals surface area contributed by atoms with E-state index in [1.165, 1.54) is 0 Å². The van der Waals surface area contributed by atoms with Gasteiger partial charge >= 0.3 is 0 Å². The Bertz CT molecular complexity index is 971. The molecule has 0 radical (unpaired) electrons. The molecule has 0 spiro atoms. The van der Waals surface area contributed by atoms with Crippen molar-refractivity contribution in [3.63, 3.8) is 0 Å². The number of thioether (sulfide) groups is 1. The van der Waals surface area contributed by atoms with Crippen LogP contribution in [0.1, 0.15) is 24.1 Å². The molecule has 0 saturated carbocycles. The molecule has 1 aromatic heterocycles. The predicted octanol–water partition coefficient (Wildman–Crippen LogP) is 2.39. The minimum absolute atomic E-state index is 0.355. The van der Waals surface area contributed by atoms with Crippen molar-refractivity contribution in [2.24, 2.45) is 5.92 Å². The van der Waals surface area contributed by atoms with Crippen LogP contribution in [0.25, 0.3) is 6.08 Å². The molecule has 2 amide bonds. The number of aromatic nitrogens is 2. The van der Waals surface area contributed by atoms with Crippen LogP contribution in [0.15, 0.2) is 41.4 Å². The smallest absolute Gasteiger partial charge is 0.290 e. The lowest BCUT2D eigenvalue weighted by Crippen LogP contribution is -2.38. The van der Waals surface area contributed by atoms with Crippen LogP contribution in [0, 0.1) is 5.92 Å². The number of anilines is 2. The molecule has 1 aromatic carbocycles. The van der Waals surface area contributed by atoms with Gasteiger partial charge in [-0.3, -0.25) is 14.9 Å². The van der Waals surface area contributed by atoms with Gasteiger partial charge in [0.2, 0.25) is 5.95 Å². The third-order valence-electron chi connectivity index (χ3n) is 5.29. The molecule has 0 aliphatic carbocycles. The lowest BCUT2D eigenvalue weighted by molar-refractivity contribution is -0.115. The highest BCUT2D eigenvalue weighted by molar-refractivity contribution is 8.18. The van der Waals surface area contributed by atoms with E-state index in [2.05, 4.69) is 25.5 Å².